The van der Waals surface area contributed by atoms with Gasteiger partial charge in [-0.1, -0.05) is 18.2 Å². The van der Waals surface area contributed by atoms with Crippen LogP contribution in [0.3, 0.4) is 0 Å². The number of Topliss-reactive ketones (excluding diaryl/α,β-unsaturated/α-hetero) is 1. The first-order chi connectivity index (χ1) is 13.6. The van der Waals surface area contributed by atoms with Gasteiger partial charge in [0.05, 0.1) is 19.8 Å². The zero-order chi connectivity index (χ0) is 19.9. The fourth-order valence-corrected chi connectivity index (χ4v) is 3.35. The monoisotopic (exact) mass is 387 g/mol. The molecular formula is C20H25N3O5. The molecule has 8 heteroatoms. The minimum absolute atomic E-state index is 0.130. The molecule has 28 heavy (non-hydrogen) atoms. The number of hydrazine groups is 1. The zero-order valence-corrected chi connectivity index (χ0v) is 16.0. The van der Waals surface area contributed by atoms with E-state index in [0.717, 1.165) is 10.7 Å². The molecule has 0 unspecified atom stereocenters. The zero-order valence-electron chi connectivity index (χ0n) is 16.0. The van der Waals surface area contributed by atoms with E-state index in [9.17, 15) is 14.4 Å². The van der Waals surface area contributed by atoms with E-state index in [-0.39, 0.29) is 18.1 Å². The number of ketones is 1. The Hall–Kier alpha value is -2.87. The number of rotatable bonds is 4. The highest BCUT2D eigenvalue weighted by Crippen LogP contribution is 2.28. The SMILES string of the molecule is CCOC(=O)N(NC(=O)c1ccccc1)C1=C(N2CCOCC2)CCCC1=O. The number of carbonyl (C=O) groups excluding carboxylic acids is 3. The lowest BCUT2D eigenvalue weighted by Crippen LogP contribution is -2.50. The molecule has 1 fully saturated rings. The summed E-state index contributed by atoms with van der Waals surface area (Å²) in [5.41, 5.74) is 3.89. The average Bonchev–Trinajstić information content (AvgIpc) is 2.73. The summed E-state index contributed by atoms with van der Waals surface area (Å²) in [4.78, 5) is 40.2. The van der Waals surface area contributed by atoms with Crippen molar-refractivity contribution in [2.75, 3.05) is 32.9 Å². The Morgan fingerprint density at radius 3 is 2.57 bits per heavy atom. The maximum atomic E-state index is 12.8. The number of amides is 2. The van der Waals surface area contributed by atoms with Crippen LogP contribution < -0.4 is 5.43 Å². The molecule has 0 aromatic heterocycles. The van der Waals surface area contributed by atoms with Crippen LogP contribution in [-0.4, -0.2) is 60.6 Å². The summed E-state index contributed by atoms with van der Waals surface area (Å²) in [5.74, 6) is -0.671. The van der Waals surface area contributed by atoms with Crippen molar-refractivity contribution in [2.24, 2.45) is 0 Å². The van der Waals surface area contributed by atoms with Crippen LogP contribution in [0.15, 0.2) is 41.7 Å². The number of nitrogens with zero attached hydrogens (tertiary/aromatic N) is 2. The molecule has 2 aliphatic rings. The minimum Gasteiger partial charge on any atom is -0.448 e. The molecule has 150 valence electrons. The Morgan fingerprint density at radius 1 is 1.18 bits per heavy atom. The number of ether oxygens (including phenoxy) is 2. The first kappa shape index (κ1) is 19.9. The highest BCUT2D eigenvalue weighted by Gasteiger charge is 2.34. The van der Waals surface area contributed by atoms with Crippen LogP contribution in [0.4, 0.5) is 4.79 Å². The number of hydrogen-bond acceptors (Lipinski definition) is 6. The fraction of sp³-hybridized carbons (Fsp3) is 0.450. The maximum absolute atomic E-state index is 12.8. The highest BCUT2D eigenvalue weighted by molar-refractivity contribution is 6.01. The summed E-state index contributed by atoms with van der Waals surface area (Å²) < 4.78 is 10.5. The predicted molar refractivity (Wildman–Crippen MR) is 101 cm³/mol. The molecule has 0 saturated carbocycles. The summed E-state index contributed by atoms with van der Waals surface area (Å²) >= 11 is 0. The standard InChI is InChI=1S/C20H25N3O5/c1-2-28-20(26)23(21-19(25)15-7-4-3-5-8-15)18-16(9-6-10-17(18)24)22-11-13-27-14-12-22/h3-5,7-8H,2,6,9-14H2,1H3,(H,21,25). The molecule has 0 bridgehead atoms. The van der Waals surface area contributed by atoms with Crippen LogP contribution in [-0.2, 0) is 14.3 Å². The van der Waals surface area contributed by atoms with Crippen LogP contribution in [0.25, 0.3) is 0 Å². The number of benzene rings is 1. The van der Waals surface area contributed by atoms with Crippen LogP contribution in [0.2, 0.25) is 0 Å². The summed E-state index contributed by atoms with van der Waals surface area (Å²) in [6.45, 7) is 4.19. The van der Waals surface area contributed by atoms with Gasteiger partial charge in [-0.2, -0.15) is 5.01 Å². The first-order valence-electron chi connectivity index (χ1n) is 9.53. The van der Waals surface area contributed by atoms with Crippen molar-refractivity contribution in [3.05, 3.63) is 47.3 Å². The van der Waals surface area contributed by atoms with Gasteiger partial charge < -0.3 is 14.4 Å². The molecule has 2 amide bonds. The van der Waals surface area contributed by atoms with Crippen LogP contribution in [0, 0.1) is 0 Å². The topological polar surface area (TPSA) is 88.2 Å². The molecule has 3 rings (SSSR count). The molecule has 8 nitrogen and oxygen atoms in total. The van der Waals surface area contributed by atoms with Gasteiger partial charge in [0.2, 0.25) is 0 Å². The van der Waals surface area contributed by atoms with E-state index in [1.807, 2.05) is 0 Å². The Kier molecular flexibility index (Phi) is 6.65. The van der Waals surface area contributed by atoms with E-state index in [0.29, 0.717) is 51.1 Å². The second-order valence-corrected chi connectivity index (χ2v) is 6.51. The molecule has 1 aliphatic heterocycles. The Morgan fingerprint density at radius 2 is 1.89 bits per heavy atom. The van der Waals surface area contributed by atoms with Gasteiger partial charge in [-0.25, -0.2) is 4.79 Å². The van der Waals surface area contributed by atoms with E-state index in [1.165, 1.54) is 0 Å². The average molecular weight is 387 g/mol. The number of allylic oxidation sites excluding steroid dienone is 2. The second-order valence-electron chi connectivity index (χ2n) is 6.51. The van der Waals surface area contributed by atoms with Gasteiger partial charge in [0.25, 0.3) is 5.91 Å². The van der Waals surface area contributed by atoms with E-state index in [2.05, 4.69) is 10.3 Å². The number of nitrogens with one attached hydrogen (secondary N) is 1. The van der Waals surface area contributed by atoms with Gasteiger partial charge in [-0.3, -0.25) is 15.0 Å². The molecule has 1 aromatic carbocycles. The fourth-order valence-electron chi connectivity index (χ4n) is 3.35. The normalized spacial score (nSPS) is 17.3. The van der Waals surface area contributed by atoms with Crippen molar-refractivity contribution >= 4 is 17.8 Å². The van der Waals surface area contributed by atoms with E-state index in [1.54, 1.807) is 37.3 Å². The molecule has 1 aromatic rings. The van der Waals surface area contributed by atoms with Gasteiger partial charge in [0, 0.05) is 30.8 Å². The third-order valence-electron chi connectivity index (χ3n) is 4.67. The summed E-state index contributed by atoms with van der Waals surface area (Å²) in [7, 11) is 0. The quantitative estimate of drug-likeness (QED) is 0.796. The molecule has 0 atom stereocenters. The predicted octanol–water partition coefficient (Wildman–Crippen LogP) is 2.09. The Balaban J connectivity index is 1.96. The van der Waals surface area contributed by atoms with Crippen LogP contribution >= 0.6 is 0 Å². The summed E-state index contributed by atoms with van der Waals surface area (Å²) in [6, 6.07) is 8.53. The van der Waals surface area contributed by atoms with Crippen molar-refractivity contribution in [2.45, 2.75) is 26.2 Å². The van der Waals surface area contributed by atoms with Gasteiger partial charge in [-0.05, 0) is 31.9 Å². The van der Waals surface area contributed by atoms with E-state index in [4.69, 9.17) is 9.47 Å². The number of carbonyl (C=O) groups is 3. The third-order valence-corrected chi connectivity index (χ3v) is 4.67. The molecule has 0 spiro atoms. The lowest BCUT2D eigenvalue weighted by Gasteiger charge is -2.36. The smallest absolute Gasteiger partial charge is 0.433 e. The van der Waals surface area contributed by atoms with Crippen molar-refractivity contribution < 1.29 is 23.9 Å². The second kappa shape index (κ2) is 9.36. The van der Waals surface area contributed by atoms with Gasteiger partial charge in [-0.15, -0.1) is 0 Å². The van der Waals surface area contributed by atoms with Crippen LogP contribution in [0.5, 0.6) is 0 Å². The number of hydrogen-bond donors (Lipinski definition) is 1. The summed E-state index contributed by atoms with van der Waals surface area (Å²) in [6.07, 6.45) is 0.902. The van der Waals surface area contributed by atoms with Gasteiger partial charge in [0.15, 0.2) is 5.78 Å². The van der Waals surface area contributed by atoms with E-state index >= 15 is 0 Å². The first-order valence-corrected chi connectivity index (χ1v) is 9.53. The highest BCUT2D eigenvalue weighted by atomic mass is 16.6. The third kappa shape index (κ3) is 4.51. The van der Waals surface area contributed by atoms with Crippen molar-refractivity contribution in [1.82, 2.24) is 15.3 Å². The Labute approximate surface area is 164 Å². The molecule has 1 heterocycles. The Bertz CT molecular complexity index is 756. The maximum Gasteiger partial charge on any atom is 0.433 e. The largest absolute Gasteiger partial charge is 0.448 e. The summed E-state index contributed by atoms with van der Waals surface area (Å²) in [5, 5.41) is 0.977. The molecule has 1 N–H and O–H groups in total. The molecular weight excluding hydrogens is 362 g/mol. The number of morpholine rings is 1. The molecule has 0 radical (unpaired) electrons. The van der Waals surface area contributed by atoms with Crippen molar-refractivity contribution in [3.63, 3.8) is 0 Å². The van der Waals surface area contributed by atoms with Crippen LogP contribution in [0.1, 0.15) is 36.5 Å². The van der Waals surface area contributed by atoms with E-state index < -0.39 is 12.0 Å². The molecule has 1 aliphatic carbocycles. The van der Waals surface area contributed by atoms with Gasteiger partial charge in [0.1, 0.15) is 5.70 Å². The lowest BCUT2D eigenvalue weighted by atomic mass is 9.98. The molecule has 1 saturated heterocycles. The minimum atomic E-state index is -0.775. The van der Waals surface area contributed by atoms with Gasteiger partial charge >= 0.3 is 6.09 Å². The van der Waals surface area contributed by atoms with Crippen molar-refractivity contribution in [1.29, 1.82) is 0 Å². The van der Waals surface area contributed by atoms with Crippen molar-refractivity contribution in [3.8, 4) is 0 Å². The lowest BCUT2D eigenvalue weighted by molar-refractivity contribution is -0.118.